The second kappa shape index (κ2) is 12.4. The Labute approximate surface area is 175 Å². The fourth-order valence-electron chi connectivity index (χ4n) is 3.22. The fourth-order valence-corrected chi connectivity index (χ4v) is 3.22. The van der Waals surface area contributed by atoms with Crippen LogP contribution in [0, 0.1) is 5.41 Å². The van der Waals surface area contributed by atoms with E-state index in [1.165, 1.54) is 19.3 Å². The molecule has 148 valence electrons. The first kappa shape index (κ1) is 23.0. The van der Waals surface area contributed by atoms with Crippen LogP contribution in [-0.2, 0) is 11.3 Å². The van der Waals surface area contributed by atoms with Gasteiger partial charge in [-0.15, -0.1) is 24.0 Å². The second-order valence-electron chi connectivity index (χ2n) is 6.69. The fraction of sp³-hybridized carbons (Fsp3) is 0.650. The quantitative estimate of drug-likeness (QED) is 0.306. The first-order valence-corrected chi connectivity index (χ1v) is 9.45. The van der Waals surface area contributed by atoms with Crippen molar-refractivity contribution >= 4 is 29.9 Å². The van der Waals surface area contributed by atoms with Gasteiger partial charge in [0.1, 0.15) is 5.75 Å². The molecule has 0 saturated heterocycles. The molecule has 1 aromatic rings. The number of ether oxygens (including phenoxy) is 2. The molecule has 1 saturated carbocycles. The van der Waals surface area contributed by atoms with Gasteiger partial charge < -0.3 is 20.1 Å². The summed E-state index contributed by atoms with van der Waals surface area (Å²) in [5, 5.41) is 6.88. The molecule has 5 nitrogen and oxygen atoms in total. The average molecular weight is 475 g/mol. The molecule has 0 amide bonds. The first-order valence-electron chi connectivity index (χ1n) is 9.45. The van der Waals surface area contributed by atoms with Crippen LogP contribution in [0.2, 0.25) is 0 Å². The molecule has 26 heavy (non-hydrogen) atoms. The summed E-state index contributed by atoms with van der Waals surface area (Å²) in [6, 6.07) is 8.10. The van der Waals surface area contributed by atoms with Crippen LogP contribution in [-0.4, -0.2) is 39.4 Å². The van der Waals surface area contributed by atoms with Gasteiger partial charge in [0.15, 0.2) is 5.96 Å². The number of halogens is 1. The number of guanidine groups is 1. The number of aliphatic imine (C=N–C) groups is 1. The smallest absolute Gasteiger partial charge is 0.191 e. The van der Waals surface area contributed by atoms with Gasteiger partial charge in [0.05, 0.1) is 13.2 Å². The molecule has 2 N–H and O–H groups in total. The summed E-state index contributed by atoms with van der Waals surface area (Å²) in [6.07, 6.45) is 4.98. The van der Waals surface area contributed by atoms with Gasteiger partial charge in [-0.2, -0.15) is 0 Å². The third kappa shape index (κ3) is 6.95. The Morgan fingerprint density at radius 3 is 2.58 bits per heavy atom. The van der Waals surface area contributed by atoms with Crippen molar-refractivity contribution < 1.29 is 9.47 Å². The molecule has 1 fully saturated rings. The van der Waals surface area contributed by atoms with E-state index in [0.717, 1.165) is 43.4 Å². The molecule has 0 heterocycles. The zero-order valence-corrected chi connectivity index (χ0v) is 18.7. The predicted octanol–water partition coefficient (Wildman–Crippen LogP) is 3.97. The van der Waals surface area contributed by atoms with E-state index in [1.807, 2.05) is 25.1 Å². The number of benzene rings is 1. The summed E-state index contributed by atoms with van der Waals surface area (Å²) in [5.41, 5.74) is 1.48. The van der Waals surface area contributed by atoms with Crippen molar-refractivity contribution in [3.05, 3.63) is 29.8 Å². The highest BCUT2D eigenvalue weighted by molar-refractivity contribution is 14.0. The van der Waals surface area contributed by atoms with Gasteiger partial charge in [-0.05, 0) is 44.6 Å². The van der Waals surface area contributed by atoms with Gasteiger partial charge in [0.2, 0.25) is 0 Å². The number of hydrogen-bond donors (Lipinski definition) is 2. The zero-order chi connectivity index (χ0) is 18.0. The molecule has 0 bridgehead atoms. The largest absolute Gasteiger partial charge is 0.494 e. The lowest BCUT2D eigenvalue weighted by atomic mass is 9.67. The standard InChI is InChI=1S/C20H33N3O2.HI/c1-4-21-19(23-16-20(11-8-12-20)13-14-24-3)22-15-17-9-6-7-10-18(17)25-5-2;/h6-7,9-10H,4-5,8,11-16H2,1-3H3,(H2,21,22,23);1H. The van der Waals surface area contributed by atoms with E-state index < -0.39 is 0 Å². The number of nitrogens with one attached hydrogen (secondary N) is 2. The summed E-state index contributed by atoms with van der Waals surface area (Å²) < 4.78 is 11.0. The van der Waals surface area contributed by atoms with Gasteiger partial charge in [0, 0.05) is 32.4 Å². The Balaban J connectivity index is 0.00000338. The maximum Gasteiger partial charge on any atom is 0.191 e. The third-order valence-electron chi connectivity index (χ3n) is 4.91. The minimum atomic E-state index is 0. The molecule has 2 rings (SSSR count). The molecular weight excluding hydrogens is 441 g/mol. The Hall–Kier alpha value is -1.02. The van der Waals surface area contributed by atoms with Crippen LogP contribution >= 0.6 is 24.0 Å². The number of rotatable bonds is 10. The number of methoxy groups -OCH3 is 1. The van der Waals surface area contributed by atoms with Crippen LogP contribution in [0.1, 0.15) is 45.1 Å². The van der Waals surface area contributed by atoms with Crippen molar-refractivity contribution in [1.29, 1.82) is 0 Å². The van der Waals surface area contributed by atoms with E-state index in [2.05, 4.69) is 23.6 Å². The van der Waals surface area contributed by atoms with E-state index in [1.54, 1.807) is 7.11 Å². The molecule has 0 radical (unpaired) electrons. The molecule has 0 aliphatic heterocycles. The Morgan fingerprint density at radius 2 is 1.96 bits per heavy atom. The molecule has 6 heteroatoms. The van der Waals surface area contributed by atoms with Gasteiger partial charge in [-0.1, -0.05) is 24.6 Å². The van der Waals surface area contributed by atoms with Crippen LogP contribution in [0.25, 0.3) is 0 Å². The van der Waals surface area contributed by atoms with Crippen LogP contribution in [0.5, 0.6) is 5.75 Å². The Morgan fingerprint density at radius 1 is 1.19 bits per heavy atom. The van der Waals surface area contributed by atoms with Gasteiger partial charge in [-0.25, -0.2) is 4.99 Å². The number of nitrogens with zero attached hydrogens (tertiary/aromatic N) is 1. The highest BCUT2D eigenvalue weighted by Gasteiger charge is 2.36. The first-order chi connectivity index (χ1) is 12.2. The predicted molar refractivity (Wildman–Crippen MR) is 119 cm³/mol. The van der Waals surface area contributed by atoms with E-state index in [-0.39, 0.29) is 24.0 Å². The maximum atomic E-state index is 5.69. The molecule has 1 aromatic carbocycles. The lowest BCUT2D eigenvalue weighted by Crippen LogP contribution is -2.46. The number of para-hydroxylation sites is 1. The van der Waals surface area contributed by atoms with Crippen molar-refractivity contribution in [1.82, 2.24) is 10.6 Å². The van der Waals surface area contributed by atoms with Crippen LogP contribution in [0.4, 0.5) is 0 Å². The highest BCUT2D eigenvalue weighted by atomic mass is 127. The third-order valence-corrected chi connectivity index (χ3v) is 4.91. The van der Waals surface area contributed by atoms with Gasteiger partial charge in [0.25, 0.3) is 0 Å². The topological polar surface area (TPSA) is 54.9 Å². The summed E-state index contributed by atoms with van der Waals surface area (Å²) in [6.45, 7) is 8.01. The van der Waals surface area contributed by atoms with Crippen molar-refractivity contribution in [3.63, 3.8) is 0 Å². The minimum Gasteiger partial charge on any atom is -0.494 e. The lowest BCUT2D eigenvalue weighted by molar-refractivity contribution is 0.0732. The SMILES string of the molecule is CCNC(=NCc1ccccc1OCC)NCC1(CCOC)CCC1.I. The summed E-state index contributed by atoms with van der Waals surface area (Å²) in [7, 11) is 1.78. The molecule has 0 spiro atoms. The van der Waals surface area contributed by atoms with E-state index in [0.29, 0.717) is 18.6 Å². The van der Waals surface area contributed by atoms with E-state index in [4.69, 9.17) is 14.5 Å². The van der Waals surface area contributed by atoms with Crippen LogP contribution in [0.3, 0.4) is 0 Å². The van der Waals surface area contributed by atoms with Gasteiger partial charge in [-0.3, -0.25) is 0 Å². The normalized spacial score (nSPS) is 15.6. The maximum absolute atomic E-state index is 5.69. The Bertz CT molecular complexity index is 548. The molecular formula is C20H34IN3O2. The number of hydrogen-bond acceptors (Lipinski definition) is 3. The monoisotopic (exact) mass is 475 g/mol. The van der Waals surface area contributed by atoms with Crippen LogP contribution in [0.15, 0.2) is 29.3 Å². The molecule has 0 aromatic heterocycles. The van der Waals surface area contributed by atoms with Crippen molar-refractivity contribution in [2.45, 2.75) is 46.1 Å². The molecule has 0 unspecified atom stereocenters. The summed E-state index contributed by atoms with van der Waals surface area (Å²) in [4.78, 5) is 4.75. The van der Waals surface area contributed by atoms with Gasteiger partial charge >= 0.3 is 0 Å². The van der Waals surface area contributed by atoms with E-state index in [9.17, 15) is 0 Å². The molecule has 1 aliphatic rings. The zero-order valence-electron chi connectivity index (χ0n) is 16.3. The summed E-state index contributed by atoms with van der Waals surface area (Å²) in [5.74, 6) is 1.79. The Kier molecular flexibility index (Phi) is 11.0. The highest BCUT2D eigenvalue weighted by Crippen LogP contribution is 2.43. The average Bonchev–Trinajstić information content (AvgIpc) is 2.59. The van der Waals surface area contributed by atoms with Crippen molar-refractivity contribution in [2.24, 2.45) is 10.4 Å². The van der Waals surface area contributed by atoms with Crippen molar-refractivity contribution in [3.8, 4) is 5.75 Å². The van der Waals surface area contributed by atoms with E-state index >= 15 is 0 Å². The lowest BCUT2D eigenvalue weighted by Gasteiger charge is -2.42. The van der Waals surface area contributed by atoms with Crippen molar-refractivity contribution in [2.75, 3.05) is 33.4 Å². The van der Waals surface area contributed by atoms with Crippen LogP contribution < -0.4 is 15.4 Å². The second-order valence-corrected chi connectivity index (χ2v) is 6.69. The summed E-state index contributed by atoms with van der Waals surface area (Å²) >= 11 is 0. The molecule has 1 aliphatic carbocycles. The minimum absolute atomic E-state index is 0. The molecule has 0 atom stereocenters.